The van der Waals surface area contributed by atoms with Crippen LogP contribution in [0.1, 0.15) is 45.6 Å². The second kappa shape index (κ2) is 5.64. The summed E-state index contributed by atoms with van der Waals surface area (Å²) in [5.74, 6) is 0.743. The van der Waals surface area contributed by atoms with Crippen molar-refractivity contribution in [3.63, 3.8) is 0 Å². The van der Waals surface area contributed by atoms with Gasteiger partial charge in [0.25, 0.3) is 0 Å². The standard InChI is InChI=1S/C18H24N2O/c1-4-18(2,3)21-17-16-8-6-5-7-15(16)13(12-20-17)11-19-14-9-10-14/h5-8,12,14,19H,4,9-11H2,1-3H3. The molecular formula is C18H24N2O. The minimum absolute atomic E-state index is 0.191. The Bertz CT molecular complexity index is 632. The first-order valence-electron chi connectivity index (χ1n) is 7.88. The molecule has 2 aromatic rings. The van der Waals surface area contributed by atoms with Gasteiger partial charge in [0.05, 0.1) is 0 Å². The van der Waals surface area contributed by atoms with Crippen molar-refractivity contribution in [2.75, 3.05) is 0 Å². The molecule has 1 aliphatic carbocycles. The van der Waals surface area contributed by atoms with E-state index < -0.39 is 0 Å². The van der Waals surface area contributed by atoms with Gasteiger partial charge in [0.1, 0.15) is 5.60 Å². The van der Waals surface area contributed by atoms with Crippen LogP contribution in [0.4, 0.5) is 0 Å². The van der Waals surface area contributed by atoms with E-state index in [1.165, 1.54) is 23.8 Å². The predicted molar refractivity (Wildman–Crippen MR) is 86.6 cm³/mol. The second-order valence-electron chi connectivity index (χ2n) is 6.50. The van der Waals surface area contributed by atoms with Crippen molar-refractivity contribution in [1.29, 1.82) is 0 Å². The molecule has 0 spiro atoms. The van der Waals surface area contributed by atoms with E-state index in [0.717, 1.165) is 24.2 Å². The van der Waals surface area contributed by atoms with Crippen LogP contribution in [0.15, 0.2) is 30.5 Å². The van der Waals surface area contributed by atoms with Crippen molar-refractivity contribution in [2.45, 2.75) is 58.2 Å². The summed E-state index contributed by atoms with van der Waals surface area (Å²) in [5, 5.41) is 5.91. The molecule has 1 aromatic heterocycles. The molecule has 0 atom stereocenters. The number of ether oxygens (including phenoxy) is 1. The molecule has 0 saturated heterocycles. The van der Waals surface area contributed by atoms with E-state index in [1.54, 1.807) is 0 Å². The van der Waals surface area contributed by atoms with Crippen molar-refractivity contribution in [3.05, 3.63) is 36.0 Å². The zero-order valence-electron chi connectivity index (χ0n) is 13.1. The van der Waals surface area contributed by atoms with Crippen LogP contribution in [0.25, 0.3) is 10.8 Å². The van der Waals surface area contributed by atoms with Crippen LogP contribution in [0, 0.1) is 0 Å². The molecule has 3 nitrogen and oxygen atoms in total. The van der Waals surface area contributed by atoms with E-state index >= 15 is 0 Å². The molecule has 3 heteroatoms. The highest BCUT2D eigenvalue weighted by Crippen LogP contribution is 2.30. The summed E-state index contributed by atoms with van der Waals surface area (Å²) in [7, 11) is 0. The largest absolute Gasteiger partial charge is 0.471 e. The average molecular weight is 284 g/mol. The lowest BCUT2D eigenvalue weighted by molar-refractivity contribution is 0.101. The van der Waals surface area contributed by atoms with Gasteiger partial charge in [0.2, 0.25) is 5.88 Å². The van der Waals surface area contributed by atoms with Gasteiger partial charge in [-0.15, -0.1) is 0 Å². The highest BCUT2D eigenvalue weighted by atomic mass is 16.5. The first-order valence-corrected chi connectivity index (χ1v) is 7.88. The monoisotopic (exact) mass is 284 g/mol. The number of benzene rings is 1. The van der Waals surface area contributed by atoms with Gasteiger partial charge in [0.15, 0.2) is 0 Å². The van der Waals surface area contributed by atoms with Gasteiger partial charge in [-0.25, -0.2) is 4.98 Å². The minimum Gasteiger partial charge on any atom is -0.471 e. The Morgan fingerprint density at radius 2 is 1.95 bits per heavy atom. The third kappa shape index (κ3) is 3.35. The van der Waals surface area contributed by atoms with Gasteiger partial charge in [-0.05, 0) is 50.1 Å². The molecule has 0 aliphatic heterocycles. The fourth-order valence-electron chi connectivity index (χ4n) is 2.32. The summed E-state index contributed by atoms with van der Waals surface area (Å²) in [5.41, 5.74) is 1.06. The average Bonchev–Trinajstić information content (AvgIpc) is 3.30. The molecule has 21 heavy (non-hydrogen) atoms. The van der Waals surface area contributed by atoms with E-state index in [9.17, 15) is 0 Å². The second-order valence-corrected chi connectivity index (χ2v) is 6.50. The van der Waals surface area contributed by atoms with E-state index in [2.05, 4.69) is 49.3 Å². The Morgan fingerprint density at radius 1 is 1.24 bits per heavy atom. The van der Waals surface area contributed by atoms with Crippen LogP contribution < -0.4 is 10.1 Å². The zero-order valence-corrected chi connectivity index (χ0v) is 13.1. The van der Waals surface area contributed by atoms with E-state index in [0.29, 0.717) is 6.04 Å². The van der Waals surface area contributed by atoms with Crippen LogP contribution in [-0.2, 0) is 6.54 Å². The third-order valence-corrected chi connectivity index (χ3v) is 4.22. The van der Waals surface area contributed by atoms with Crippen molar-refractivity contribution in [1.82, 2.24) is 10.3 Å². The lowest BCUT2D eigenvalue weighted by Crippen LogP contribution is -2.27. The van der Waals surface area contributed by atoms with E-state index in [4.69, 9.17) is 4.74 Å². The normalized spacial score (nSPS) is 15.4. The van der Waals surface area contributed by atoms with Crippen LogP contribution in [0.2, 0.25) is 0 Å². The lowest BCUT2D eigenvalue weighted by atomic mass is 10.1. The Balaban J connectivity index is 1.93. The van der Waals surface area contributed by atoms with Crippen LogP contribution >= 0.6 is 0 Å². The van der Waals surface area contributed by atoms with Gasteiger partial charge in [0, 0.05) is 24.2 Å². The van der Waals surface area contributed by atoms with Gasteiger partial charge in [-0.3, -0.25) is 0 Å². The molecule has 1 heterocycles. The van der Waals surface area contributed by atoms with Gasteiger partial charge in [-0.1, -0.05) is 25.1 Å². The molecule has 3 rings (SSSR count). The fourth-order valence-corrected chi connectivity index (χ4v) is 2.32. The maximum atomic E-state index is 6.13. The van der Waals surface area contributed by atoms with Gasteiger partial charge in [-0.2, -0.15) is 0 Å². The highest BCUT2D eigenvalue weighted by Gasteiger charge is 2.22. The Kier molecular flexibility index (Phi) is 3.85. The number of pyridine rings is 1. The summed E-state index contributed by atoms with van der Waals surface area (Å²) in [6, 6.07) is 9.10. The summed E-state index contributed by atoms with van der Waals surface area (Å²) in [6.07, 6.45) is 5.52. The number of aromatic nitrogens is 1. The number of fused-ring (bicyclic) bond motifs is 1. The number of nitrogens with one attached hydrogen (secondary N) is 1. The van der Waals surface area contributed by atoms with Gasteiger partial charge >= 0.3 is 0 Å². The summed E-state index contributed by atoms with van der Waals surface area (Å²) in [6.45, 7) is 7.23. The summed E-state index contributed by atoms with van der Waals surface area (Å²) < 4.78 is 6.13. The van der Waals surface area contributed by atoms with Crippen molar-refractivity contribution >= 4 is 10.8 Å². The maximum absolute atomic E-state index is 6.13. The van der Waals surface area contributed by atoms with E-state index in [-0.39, 0.29) is 5.60 Å². The van der Waals surface area contributed by atoms with Crippen molar-refractivity contribution < 1.29 is 4.74 Å². The highest BCUT2D eigenvalue weighted by molar-refractivity contribution is 5.89. The lowest BCUT2D eigenvalue weighted by Gasteiger charge is -2.25. The minimum atomic E-state index is -0.191. The van der Waals surface area contributed by atoms with Gasteiger partial charge < -0.3 is 10.1 Å². The Morgan fingerprint density at radius 3 is 2.62 bits per heavy atom. The molecule has 0 amide bonds. The van der Waals surface area contributed by atoms with Crippen LogP contribution in [0.5, 0.6) is 5.88 Å². The van der Waals surface area contributed by atoms with Crippen molar-refractivity contribution in [3.8, 4) is 5.88 Å². The third-order valence-electron chi connectivity index (χ3n) is 4.22. The number of nitrogens with zero attached hydrogens (tertiary/aromatic N) is 1. The first kappa shape index (κ1) is 14.3. The molecule has 0 radical (unpaired) electrons. The van der Waals surface area contributed by atoms with Crippen LogP contribution in [0.3, 0.4) is 0 Å². The molecule has 1 fully saturated rings. The molecule has 1 aromatic carbocycles. The number of hydrogen-bond acceptors (Lipinski definition) is 3. The molecule has 0 bridgehead atoms. The van der Waals surface area contributed by atoms with Crippen molar-refractivity contribution in [2.24, 2.45) is 0 Å². The number of hydrogen-bond donors (Lipinski definition) is 1. The van der Waals surface area contributed by atoms with Crippen LogP contribution in [-0.4, -0.2) is 16.6 Å². The Labute approximate surface area is 126 Å². The summed E-state index contributed by atoms with van der Waals surface area (Å²) in [4.78, 5) is 4.58. The molecule has 1 N–H and O–H groups in total. The first-order chi connectivity index (χ1) is 10.1. The summed E-state index contributed by atoms with van der Waals surface area (Å²) >= 11 is 0. The molecule has 1 aliphatic rings. The smallest absolute Gasteiger partial charge is 0.221 e. The SMILES string of the molecule is CCC(C)(C)Oc1ncc(CNC2CC2)c2ccccc12. The molecular weight excluding hydrogens is 260 g/mol. The Hall–Kier alpha value is -1.61. The van der Waals surface area contributed by atoms with E-state index in [1.807, 2.05) is 12.3 Å². The predicted octanol–water partition coefficient (Wildman–Crippen LogP) is 4.05. The molecule has 0 unspecified atom stereocenters. The topological polar surface area (TPSA) is 34.1 Å². The molecule has 1 saturated carbocycles. The number of rotatable bonds is 6. The zero-order chi connectivity index (χ0) is 14.9. The molecule has 112 valence electrons. The quantitative estimate of drug-likeness (QED) is 0.868. The maximum Gasteiger partial charge on any atom is 0.221 e. The fraction of sp³-hybridized carbons (Fsp3) is 0.500.